The van der Waals surface area contributed by atoms with Gasteiger partial charge in [-0.05, 0) is 48.6 Å². The standard InChI is InChI=1S/C24H31NO2/c26-24(22-13-10-18-25-19-22)27-23-16-14-21(15-17-23)20-11-8-6-4-2-1-3-5-7-9-12-20/h10,13-20H,1-9,11-12H2. The van der Waals surface area contributed by atoms with E-state index in [9.17, 15) is 4.79 Å². The van der Waals surface area contributed by atoms with E-state index in [2.05, 4.69) is 17.1 Å². The molecule has 0 amide bonds. The highest BCUT2D eigenvalue weighted by molar-refractivity contribution is 5.90. The second-order valence-electron chi connectivity index (χ2n) is 7.66. The van der Waals surface area contributed by atoms with E-state index in [0.29, 0.717) is 17.2 Å². The molecule has 0 spiro atoms. The van der Waals surface area contributed by atoms with Gasteiger partial charge in [0, 0.05) is 12.4 Å². The number of hydrogen-bond donors (Lipinski definition) is 0. The summed E-state index contributed by atoms with van der Waals surface area (Å²) in [4.78, 5) is 16.1. The number of hydrogen-bond acceptors (Lipinski definition) is 3. The number of carbonyl (C=O) groups is 1. The Kier molecular flexibility index (Phi) is 7.88. The van der Waals surface area contributed by atoms with E-state index in [-0.39, 0.29) is 5.97 Å². The summed E-state index contributed by atoms with van der Waals surface area (Å²) in [7, 11) is 0. The number of carbonyl (C=O) groups excluding carboxylic acids is 1. The van der Waals surface area contributed by atoms with Gasteiger partial charge in [-0.25, -0.2) is 4.79 Å². The van der Waals surface area contributed by atoms with Crippen molar-refractivity contribution in [2.24, 2.45) is 0 Å². The van der Waals surface area contributed by atoms with Crippen LogP contribution in [0, 0.1) is 0 Å². The molecule has 1 aromatic carbocycles. The predicted molar refractivity (Wildman–Crippen MR) is 109 cm³/mol. The van der Waals surface area contributed by atoms with Gasteiger partial charge in [0.1, 0.15) is 5.75 Å². The van der Waals surface area contributed by atoms with Gasteiger partial charge < -0.3 is 4.74 Å². The van der Waals surface area contributed by atoms with Crippen molar-refractivity contribution in [3.8, 4) is 5.75 Å². The summed E-state index contributed by atoms with van der Waals surface area (Å²) >= 11 is 0. The molecule has 1 aliphatic rings. The monoisotopic (exact) mass is 365 g/mol. The third kappa shape index (κ3) is 6.50. The number of benzene rings is 1. The first kappa shape index (κ1) is 19.6. The molecule has 1 fully saturated rings. The fraction of sp³-hybridized carbons (Fsp3) is 0.500. The lowest BCUT2D eigenvalue weighted by Crippen LogP contribution is -2.08. The maximum atomic E-state index is 12.2. The molecular formula is C24H31NO2. The van der Waals surface area contributed by atoms with Crippen molar-refractivity contribution in [2.75, 3.05) is 0 Å². The summed E-state index contributed by atoms with van der Waals surface area (Å²) in [5.41, 5.74) is 1.86. The molecule has 3 heteroatoms. The van der Waals surface area contributed by atoms with Gasteiger partial charge in [0.2, 0.25) is 0 Å². The first-order valence-corrected chi connectivity index (χ1v) is 10.5. The average molecular weight is 366 g/mol. The molecule has 1 aromatic heterocycles. The zero-order valence-electron chi connectivity index (χ0n) is 16.2. The second-order valence-corrected chi connectivity index (χ2v) is 7.66. The number of ether oxygens (including phenoxy) is 1. The maximum Gasteiger partial charge on any atom is 0.345 e. The lowest BCUT2D eigenvalue weighted by molar-refractivity contribution is 0.0734. The zero-order chi connectivity index (χ0) is 18.7. The Balaban J connectivity index is 1.59. The van der Waals surface area contributed by atoms with Crippen LogP contribution < -0.4 is 4.74 Å². The van der Waals surface area contributed by atoms with Gasteiger partial charge in [-0.3, -0.25) is 4.98 Å². The fourth-order valence-corrected chi connectivity index (χ4v) is 3.95. The molecule has 27 heavy (non-hydrogen) atoms. The van der Waals surface area contributed by atoms with Crippen molar-refractivity contribution in [1.29, 1.82) is 0 Å². The van der Waals surface area contributed by atoms with E-state index in [4.69, 9.17) is 4.74 Å². The Morgan fingerprint density at radius 3 is 1.96 bits per heavy atom. The molecule has 0 aliphatic heterocycles. The number of nitrogens with zero attached hydrogens (tertiary/aromatic N) is 1. The van der Waals surface area contributed by atoms with Crippen LogP contribution in [-0.4, -0.2) is 11.0 Å². The van der Waals surface area contributed by atoms with Crippen molar-refractivity contribution in [3.63, 3.8) is 0 Å². The molecule has 3 nitrogen and oxygen atoms in total. The number of pyridine rings is 1. The van der Waals surface area contributed by atoms with Gasteiger partial charge in [-0.1, -0.05) is 69.9 Å². The van der Waals surface area contributed by atoms with Gasteiger partial charge in [0.05, 0.1) is 5.56 Å². The Morgan fingerprint density at radius 1 is 0.815 bits per heavy atom. The quantitative estimate of drug-likeness (QED) is 0.449. The molecule has 3 rings (SSSR count). The Bertz CT molecular complexity index is 669. The smallest absolute Gasteiger partial charge is 0.345 e. The first-order chi connectivity index (χ1) is 13.3. The topological polar surface area (TPSA) is 39.2 Å². The van der Waals surface area contributed by atoms with Crippen LogP contribution in [0.1, 0.15) is 92.5 Å². The van der Waals surface area contributed by atoms with E-state index < -0.39 is 0 Å². The van der Waals surface area contributed by atoms with Crippen molar-refractivity contribution in [1.82, 2.24) is 4.98 Å². The molecule has 1 aliphatic carbocycles. The van der Waals surface area contributed by atoms with Crippen LogP contribution in [-0.2, 0) is 0 Å². The molecular weight excluding hydrogens is 334 g/mol. The molecule has 2 aromatic rings. The molecule has 0 unspecified atom stereocenters. The molecule has 0 N–H and O–H groups in total. The predicted octanol–water partition coefficient (Wildman–Crippen LogP) is 6.69. The maximum absolute atomic E-state index is 12.2. The van der Waals surface area contributed by atoms with E-state index in [0.717, 1.165) is 0 Å². The van der Waals surface area contributed by atoms with Crippen LogP contribution in [0.3, 0.4) is 0 Å². The Hall–Kier alpha value is -2.16. The molecule has 0 saturated heterocycles. The second kappa shape index (κ2) is 10.9. The van der Waals surface area contributed by atoms with Gasteiger partial charge in [-0.2, -0.15) is 0 Å². The molecule has 144 valence electrons. The summed E-state index contributed by atoms with van der Waals surface area (Å²) in [6, 6.07) is 11.6. The normalized spacial score (nSPS) is 17.5. The summed E-state index contributed by atoms with van der Waals surface area (Å²) < 4.78 is 5.48. The van der Waals surface area contributed by atoms with E-state index in [1.165, 1.54) is 82.4 Å². The van der Waals surface area contributed by atoms with Crippen molar-refractivity contribution >= 4 is 5.97 Å². The fourth-order valence-electron chi connectivity index (χ4n) is 3.95. The number of rotatable bonds is 3. The van der Waals surface area contributed by atoms with Gasteiger partial charge in [0.15, 0.2) is 0 Å². The van der Waals surface area contributed by atoms with Crippen LogP contribution in [0.2, 0.25) is 0 Å². The molecule has 1 heterocycles. The van der Waals surface area contributed by atoms with Crippen molar-refractivity contribution in [3.05, 3.63) is 59.9 Å². The van der Waals surface area contributed by atoms with Crippen LogP contribution in [0.4, 0.5) is 0 Å². The summed E-state index contributed by atoms with van der Waals surface area (Å²) in [6.07, 6.45) is 18.1. The molecule has 0 radical (unpaired) electrons. The third-order valence-corrected chi connectivity index (χ3v) is 5.56. The summed E-state index contributed by atoms with van der Waals surface area (Å²) in [5, 5.41) is 0. The van der Waals surface area contributed by atoms with Gasteiger partial charge in [-0.15, -0.1) is 0 Å². The Morgan fingerprint density at radius 2 is 1.41 bits per heavy atom. The van der Waals surface area contributed by atoms with Crippen LogP contribution >= 0.6 is 0 Å². The average Bonchev–Trinajstić information content (AvgIpc) is 2.70. The minimum Gasteiger partial charge on any atom is -0.423 e. The van der Waals surface area contributed by atoms with Crippen LogP contribution in [0.15, 0.2) is 48.8 Å². The van der Waals surface area contributed by atoms with E-state index in [1.807, 2.05) is 12.1 Å². The third-order valence-electron chi connectivity index (χ3n) is 5.56. The van der Waals surface area contributed by atoms with Gasteiger partial charge >= 0.3 is 5.97 Å². The molecule has 1 saturated carbocycles. The van der Waals surface area contributed by atoms with Crippen LogP contribution in [0.25, 0.3) is 0 Å². The lowest BCUT2D eigenvalue weighted by atomic mass is 9.87. The number of esters is 1. The van der Waals surface area contributed by atoms with Crippen LogP contribution in [0.5, 0.6) is 5.75 Å². The highest BCUT2D eigenvalue weighted by Crippen LogP contribution is 2.30. The number of aromatic nitrogens is 1. The summed E-state index contributed by atoms with van der Waals surface area (Å²) in [6.45, 7) is 0. The largest absolute Gasteiger partial charge is 0.423 e. The Labute approximate surface area is 163 Å². The zero-order valence-corrected chi connectivity index (χ0v) is 16.2. The van der Waals surface area contributed by atoms with Gasteiger partial charge in [0.25, 0.3) is 0 Å². The molecule has 0 bridgehead atoms. The highest BCUT2D eigenvalue weighted by Gasteiger charge is 2.13. The minimum absolute atomic E-state index is 0.359. The van der Waals surface area contributed by atoms with Crippen molar-refractivity contribution in [2.45, 2.75) is 76.5 Å². The van der Waals surface area contributed by atoms with Crippen molar-refractivity contribution < 1.29 is 9.53 Å². The lowest BCUT2D eigenvalue weighted by Gasteiger charge is -2.18. The molecule has 0 atom stereocenters. The van der Waals surface area contributed by atoms with E-state index in [1.54, 1.807) is 18.3 Å². The summed E-state index contributed by atoms with van der Waals surface area (Å²) in [5.74, 6) is 0.870. The minimum atomic E-state index is -0.359. The first-order valence-electron chi connectivity index (χ1n) is 10.5. The SMILES string of the molecule is O=C(Oc1ccc(C2CCCCCCCCCCC2)cc1)c1cccnc1. The van der Waals surface area contributed by atoms with E-state index >= 15 is 0 Å². The highest BCUT2D eigenvalue weighted by atomic mass is 16.5.